The molecule has 0 saturated heterocycles. The minimum Gasteiger partial charge on any atom is -0.495 e. The van der Waals surface area contributed by atoms with Crippen LogP contribution in [0.15, 0.2) is 36.4 Å². The molecule has 0 radical (unpaired) electrons. The van der Waals surface area contributed by atoms with Gasteiger partial charge in [-0.15, -0.1) is 0 Å². The number of carbonyl (C=O) groups excluding carboxylic acids is 2. The number of benzene rings is 2. The van der Waals surface area contributed by atoms with E-state index >= 15 is 0 Å². The van der Waals surface area contributed by atoms with Crippen LogP contribution in [0.4, 0.5) is 5.69 Å². The first-order valence-electron chi connectivity index (χ1n) is 8.55. The number of esters is 1. The van der Waals surface area contributed by atoms with Crippen molar-refractivity contribution in [2.45, 2.75) is 20.0 Å². The Bertz CT molecular complexity index is 855. The lowest BCUT2D eigenvalue weighted by molar-refractivity contribution is -0.123. The van der Waals surface area contributed by atoms with E-state index < -0.39 is 18.0 Å². The van der Waals surface area contributed by atoms with Crippen molar-refractivity contribution < 1.29 is 28.5 Å². The van der Waals surface area contributed by atoms with Gasteiger partial charge in [-0.05, 0) is 50.2 Å². The zero-order valence-electron chi connectivity index (χ0n) is 16.1. The van der Waals surface area contributed by atoms with Gasteiger partial charge in [0.1, 0.15) is 5.75 Å². The van der Waals surface area contributed by atoms with Crippen LogP contribution >= 0.6 is 11.6 Å². The topological polar surface area (TPSA) is 83.1 Å². The molecule has 0 fully saturated rings. The zero-order chi connectivity index (χ0) is 20.7. The fourth-order valence-electron chi connectivity index (χ4n) is 2.36. The molecule has 1 amide bonds. The largest absolute Gasteiger partial charge is 0.495 e. The number of amides is 1. The second-order valence-corrected chi connectivity index (χ2v) is 6.12. The summed E-state index contributed by atoms with van der Waals surface area (Å²) < 4.78 is 21.1. The van der Waals surface area contributed by atoms with Crippen LogP contribution in [0.1, 0.15) is 24.2 Å². The van der Waals surface area contributed by atoms with Crippen LogP contribution in [0.5, 0.6) is 17.2 Å². The minimum atomic E-state index is -1.05. The quantitative estimate of drug-likeness (QED) is 0.667. The maximum absolute atomic E-state index is 12.4. The average Bonchev–Trinajstić information content (AvgIpc) is 2.68. The highest BCUT2D eigenvalue weighted by Gasteiger charge is 2.21. The Morgan fingerprint density at radius 3 is 2.36 bits per heavy atom. The summed E-state index contributed by atoms with van der Waals surface area (Å²) in [6, 6.07) is 9.46. The van der Waals surface area contributed by atoms with Gasteiger partial charge in [0.2, 0.25) is 0 Å². The summed E-state index contributed by atoms with van der Waals surface area (Å²) in [5.74, 6) is 0.166. The van der Waals surface area contributed by atoms with Gasteiger partial charge in [0.25, 0.3) is 5.91 Å². The summed E-state index contributed by atoms with van der Waals surface area (Å²) >= 11 is 5.95. The van der Waals surface area contributed by atoms with Gasteiger partial charge in [0, 0.05) is 5.02 Å². The third-order valence-corrected chi connectivity index (χ3v) is 4.01. The van der Waals surface area contributed by atoms with Crippen molar-refractivity contribution in [3.05, 3.63) is 47.0 Å². The van der Waals surface area contributed by atoms with Gasteiger partial charge in [0.15, 0.2) is 17.6 Å². The molecule has 0 aliphatic carbocycles. The fourth-order valence-corrected chi connectivity index (χ4v) is 2.54. The van der Waals surface area contributed by atoms with E-state index in [4.69, 9.17) is 30.5 Å². The van der Waals surface area contributed by atoms with Crippen molar-refractivity contribution in [2.75, 3.05) is 26.1 Å². The van der Waals surface area contributed by atoms with E-state index in [-0.39, 0.29) is 5.56 Å². The Kier molecular flexibility index (Phi) is 7.52. The van der Waals surface area contributed by atoms with E-state index in [1.54, 1.807) is 30.3 Å². The molecule has 0 heterocycles. The molecule has 0 aliphatic heterocycles. The molecule has 0 saturated carbocycles. The van der Waals surface area contributed by atoms with Crippen molar-refractivity contribution in [3.8, 4) is 17.2 Å². The van der Waals surface area contributed by atoms with Crippen LogP contribution in [0.2, 0.25) is 5.02 Å². The normalized spacial score (nSPS) is 11.3. The highest BCUT2D eigenvalue weighted by atomic mass is 35.5. The Labute approximate surface area is 168 Å². The summed E-state index contributed by atoms with van der Waals surface area (Å²) in [5, 5.41) is 3.07. The molecule has 0 aliphatic rings. The third-order valence-electron chi connectivity index (χ3n) is 3.77. The summed E-state index contributed by atoms with van der Waals surface area (Å²) in [7, 11) is 2.95. The summed E-state index contributed by atoms with van der Waals surface area (Å²) in [6.07, 6.45) is -1.05. The van der Waals surface area contributed by atoms with E-state index in [2.05, 4.69) is 5.32 Å². The summed E-state index contributed by atoms with van der Waals surface area (Å²) in [5.41, 5.74) is 0.617. The van der Waals surface area contributed by atoms with Gasteiger partial charge in [-0.25, -0.2) is 4.79 Å². The van der Waals surface area contributed by atoms with Crippen molar-refractivity contribution in [1.29, 1.82) is 0 Å². The number of nitrogens with one attached hydrogen (secondary N) is 1. The van der Waals surface area contributed by atoms with Crippen molar-refractivity contribution in [3.63, 3.8) is 0 Å². The minimum absolute atomic E-state index is 0.236. The maximum Gasteiger partial charge on any atom is 0.339 e. The second kappa shape index (κ2) is 9.85. The number of hydrogen-bond donors (Lipinski definition) is 1. The molecule has 0 bridgehead atoms. The number of hydrogen-bond acceptors (Lipinski definition) is 6. The highest BCUT2D eigenvalue weighted by Crippen LogP contribution is 2.29. The van der Waals surface area contributed by atoms with Gasteiger partial charge in [0.05, 0.1) is 32.1 Å². The lowest BCUT2D eigenvalue weighted by Crippen LogP contribution is -2.30. The Hall–Kier alpha value is -2.93. The lowest BCUT2D eigenvalue weighted by Gasteiger charge is -2.16. The lowest BCUT2D eigenvalue weighted by atomic mass is 10.2. The van der Waals surface area contributed by atoms with Crippen molar-refractivity contribution >= 4 is 29.2 Å². The first kappa shape index (κ1) is 21.4. The first-order chi connectivity index (χ1) is 13.4. The standard InChI is InChI=1S/C20H22ClNO6/c1-5-27-17-8-6-13(10-18(17)26-4)20(24)28-12(2)19(23)22-15-11-14(21)7-9-16(15)25-3/h6-12H,5H2,1-4H3,(H,22,23)/t12-/m1/s1. The molecule has 7 nitrogen and oxygen atoms in total. The van der Waals surface area contributed by atoms with Crippen LogP contribution in [-0.2, 0) is 9.53 Å². The molecular weight excluding hydrogens is 386 g/mol. The predicted octanol–water partition coefficient (Wildman–Crippen LogP) is 3.94. The van der Waals surface area contributed by atoms with Gasteiger partial charge in [-0.1, -0.05) is 11.6 Å². The van der Waals surface area contributed by atoms with E-state index in [1.165, 1.54) is 27.2 Å². The molecule has 8 heteroatoms. The van der Waals surface area contributed by atoms with Crippen LogP contribution in [0, 0.1) is 0 Å². The molecule has 150 valence electrons. The highest BCUT2D eigenvalue weighted by molar-refractivity contribution is 6.31. The third kappa shape index (κ3) is 5.29. The van der Waals surface area contributed by atoms with E-state index in [1.807, 2.05) is 6.92 Å². The smallest absolute Gasteiger partial charge is 0.339 e. The summed E-state index contributed by atoms with van der Waals surface area (Å²) in [4.78, 5) is 24.8. The fraction of sp³-hybridized carbons (Fsp3) is 0.300. The van der Waals surface area contributed by atoms with Crippen molar-refractivity contribution in [2.24, 2.45) is 0 Å². The van der Waals surface area contributed by atoms with E-state index in [0.717, 1.165) is 0 Å². The van der Waals surface area contributed by atoms with Gasteiger partial charge >= 0.3 is 5.97 Å². The van der Waals surface area contributed by atoms with E-state index in [9.17, 15) is 9.59 Å². The van der Waals surface area contributed by atoms with Crippen LogP contribution in [-0.4, -0.2) is 38.8 Å². The van der Waals surface area contributed by atoms with Crippen LogP contribution in [0.25, 0.3) is 0 Å². The van der Waals surface area contributed by atoms with Crippen LogP contribution in [0.3, 0.4) is 0 Å². The first-order valence-corrected chi connectivity index (χ1v) is 8.93. The van der Waals surface area contributed by atoms with Gasteiger partial charge in [-0.2, -0.15) is 0 Å². The summed E-state index contributed by atoms with van der Waals surface area (Å²) in [6.45, 7) is 3.77. The molecule has 0 spiro atoms. The number of methoxy groups -OCH3 is 2. The molecule has 0 aromatic heterocycles. The Morgan fingerprint density at radius 2 is 1.71 bits per heavy atom. The van der Waals surface area contributed by atoms with E-state index in [0.29, 0.717) is 34.6 Å². The molecule has 2 aromatic carbocycles. The SMILES string of the molecule is CCOc1ccc(C(=O)O[C@H](C)C(=O)Nc2cc(Cl)ccc2OC)cc1OC. The molecule has 28 heavy (non-hydrogen) atoms. The Morgan fingerprint density at radius 1 is 1.04 bits per heavy atom. The van der Waals surface area contributed by atoms with Crippen molar-refractivity contribution in [1.82, 2.24) is 0 Å². The predicted molar refractivity (Wildman–Crippen MR) is 106 cm³/mol. The zero-order valence-corrected chi connectivity index (χ0v) is 16.8. The Balaban J connectivity index is 2.07. The number of rotatable bonds is 8. The molecule has 1 atom stereocenters. The maximum atomic E-state index is 12.4. The molecule has 2 aromatic rings. The molecule has 2 rings (SSSR count). The van der Waals surface area contributed by atoms with Crippen LogP contribution < -0.4 is 19.5 Å². The number of anilines is 1. The second-order valence-electron chi connectivity index (χ2n) is 5.68. The molecular formula is C20H22ClNO6. The monoisotopic (exact) mass is 407 g/mol. The molecule has 0 unspecified atom stereocenters. The number of halogens is 1. The van der Waals surface area contributed by atoms with Gasteiger partial charge < -0.3 is 24.3 Å². The number of ether oxygens (including phenoxy) is 4. The van der Waals surface area contributed by atoms with Gasteiger partial charge in [-0.3, -0.25) is 4.79 Å². The average molecular weight is 408 g/mol. The number of carbonyl (C=O) groups is 2. The molecule has 1 N–H and O–H groups in total.